The van der Waals surface area contributed by atoms with Crippen LogP contribution in [-0.2, 0) is 0 Å². The summed E-state index contributed by atoms with van der Waals surface area (Å²) in [5.74, 6) is 0.0384. The maximum Gasteiger partial charge on any atom is 0.317 e. The van der Waals surface area contributed by atoms with Gasteiger partial charge in [0.15, 0.2) is 0 Å². The van der Waals surface area contributed by atoms with Crippen molar-refractivity contribution in [3.05, 3.63) is 58.1 Å². The molecule has 2 aromatic carbocycles. The molecule has 5 aliphatic rings. The van der Waals surface area contributed by atoms with Crippen LogP contribution in [0.4, 0.5) is 4.39 Å². The molecule has 228 valence electrons. The average molecular weight is 616 g/mol. The first kappa shape index (κ1) is 27.9. The van der Waals surface area contributed by atoms with Crippen molar-refractivity contribution in [1.29, 1.82) is 0 Å². The molecule has 9 rings (SSSR count). The molecular formula is C32H34FN7O3S. The van der Waals surface area contributed by atoms with Gasteiger partial charge in [-0.2, -0.15) is 19.7 Å². The van der Waals surface area contributed by atoms with Gasteiger partial charge >= 0.3 is 6.01 Å². The van der Waals surface area contributed by atoms with Gasteiger partial charge in [-0.3, -0.25) is 9.69 Å². The van der Waals surface area contributed by atoms with Crippen molar-refractivity contribution in [2.45, 2.75) is 48.3 Å². The van der Waals surface area contributed by atoms with E-state index >= 15 is 0 Å². The molecule has 3 atom stereocenters. The number of aromatic hydroxyl groups is 1. The minimum Gasteiger partial charge on any atom is -0.508 e. The predicted molar refractivity (Wildman–Crippen MR) is 169 cm³/mol. The molecule has 12 heteroatoms. The van der Waals surface area contributed by atoms with Crippen LogP contribution in [0.1, 0.15) is 31.4 Å². The van der Waals surface area contributed by atoms with Crippen molar-refractivity contribution in [3.8, 4) is 17.4 Å². The summed E-state index contributed by atoms with van der Waals surface area (Å²) in [6, 6.07) is 9.43. The Kier molecular flexibility index (Phi) is 6.85. The van der Waals surface area contributed by atoms with Crippen LogP contribution < -0.4 is 20.9 Å². The van der Waals surface area contributed by atoms with Crippen LogP contribution in [0.3, 0.4) is 0 Å². The van der Waals surface area contributed by atoms with E-state index in [0.717, 1.165) is 66.7 Å². The number of halogens is 1. The highest BCUT2D eigenvalue weighted by atomic mass is 32.2. The number of nitrogens with one attached hydrogen (secondary N) is 2. The van der Waals surface area contributed by atoms with Gasteiger partial charge in [-0.15, -0.1) is 11.8 Å². The Morgan fingerprint density at radius 3 is 3.05 bits per heavy atom. The van der Waals surface area contributed by atoms with Crippen molar-refractivity contribution in [2.75, 3.05) is 45.6 Å². The molecule has 3 N–H and O–H groups in total. The zero-order chi connectivity index (χ0) is 30.0. The summed E-state index contributed by atoms with van der Waals surface area (Å²) in [7, 11) is 0. The lowest BCUT2D eigenvalue weighted by molar-refractivity contribution is 0.107. The number of phenolic OH excluding ortho intramolecular Hbond substituents is 1. The van der Waals surface area contributed by atoms with Crippen molar-refractivity contribution in [3.63, 3.8) is 0 Å². The maximum absolute atomic E-state index is 14.5. The summed E-state index contributed by atoms with van der Waals surface area (Å²) in [6.45, 7) is 3.86. The molecule has 0 radical (unpaired) electrons. The molecule has 4 aromatic rings. The lowest BCUT2D eigenvalue weighted by atomic mass is 9.93. The fourth-order valence-corrected chi connectivity index (χ4v) is 8.26. The van der Waals surface area contributed by atoms with Gasteiger partial charge in [0.05, 0.1) is 28.5 Å². The molecule has 0 amide bonds. The lowest BCUT2D eigenvalue weighted by Crippen LogP contribution is -2.43. The minimum atomic E-state index is -0.873. The Bertz CT molecular complexity index is 1890. The van der Waals surface area contributed by atoms with Crippen LogP contribution in [0.5, 0.6) is 11.8 Å². The van der Waals surface area contributed by atoms with Crippen LogP contribution >= 0.6 is 11.8 Å². The van der Waals surface area contributed by atoms with Gasteiger partial charge < -0.3 is 20.5 Å². The molecule has 3 saturated heterocycles. The highest BCUT2D eigenvalue weighted by Gasteiger charge is 2.49. The van der Waals surface area contributed by atoms with Crippen molar-refractivity contribution >= 4 is 39.0 Å². The minimum absolute atomic E-state index is 0.0384. The summed E-state index contributed by atoms with van der Waals surface area (Å²) in [5, 5.41) is 24.5. The molecule has 2 aromatic heterocycles. The Hall–Kier alpha value is -3.58. The van der Waals surface area contributed by atoms with E-state index in [9.17, 15) is 14.3 Å². The number of ether oxygens (including phenoxy) is 1. The number of aromatic nitrogens is 4. The average Bonchev–Trinajstić information content (AvgIpc) is 3.35. The summed E-state index contributed by atoms with van der Waals surface area (Å²) in [4.78, 5) is 27.1. The fraction of sp³-hybridized carbons (Fsp3) is 0.438. The molecule has 44 heavy (non-hydrogen) atoms. The third-order valence-electron chi connectivity index (χ3n) is 9.70. The van der Waals surface area contributed by atoms with Gasteiger partial charge in [-0.25, -0.2) is 4.39 Å². The number of alkyl halides is 1. The zero-order valence-corrected chi connectivity index (χ0v) is 25.3. The second-order valence-corrected chi connectivity index (χ2v) is 13.2. The first-order valence-corrected chi connectivity index (χ1v) is 16.4. The van der Waals surface area contributed by atoms with Crippen LogP contribution in [0.15, 0.2) is 51.8 Å². The molecule has 7 heterocycles. The number of fused-ring (bicyclic) bond motifs is 7. The second kappa shape index (κ2) is 10.8. The Balaban J connectivity index is 1.30. The highest BCUT2D eigenvalue weighted by Crippen LogP contribution is 2.41. The van der Waals surface area contributed by atoms with E-state index in [1.807, 2.05) is 24.5 Å². The van der Waals surface area contributed by atoms with E-state index < -0.39 is 11.7 Å². The van der Waals surface area contributed by atoms with Crippen LogP contribution in [-0.4, -0.2) is 93.1 Å². The van der Waals surface area contributed by atoms with Gasteiger partial charge in [0.1, 0.15) is 24.0 Å². The molecule has 0 aliphatic carbocycles. The number of phenols is 1. The van der Waals surface area contributed by atoms with Crippen LogP contribution in [0.2, 0.25) is 0 Å². The van der Waals surface area contributed by atoms with E-state index in [0.29, 0.717) is 29.7 Å². The topological polar surface area (TPSA) is 117 Å². The summed E-state index contributed by atoms with van der Waals surface area (Å²) in [5.41, 5.74) is 2.80. The van der Waals surface area contributed by atoms with Gasteiger partial charge in [0, 0.05) is 55.0 Å². The number of rotatable bonds is 6. The van der Waals surface area contributed by atoms with Gasteiger partial charge in [-0.1, -0.05) is 12.1 Å². The second-order valence-electron chi connectivity index (χ2n) is 12.4. The Morgan fingerprint density at radius 2 is 2.16 bits per heavy atom. The molecule has 10 nitrogen and oxygen atoms in total. The molecule has 3 fully saturated rings. The lowest BCUT2D eigenvalue weighted by Gasteiger charge is -2.31. The first-order chi connectivity index (χ1) is 21.4. The fourth-order valence-electron chi connectivity index (χ4n) is 7.62. The Labute approximate surface area is 257 Å². The smallest absolute Gasteiger partial charge is 0.317 e. The van der Waals surface area contributed by atoms with Crippen molar-refractivity contribution in [1.82, 2.24) is 35.3 Å². The van der Waals surface area contributed by atoms with Crippen LogP contribution in [0.25, 0.3) is 32.9 Å². The largest absolute Gasteiger partial charge is 0.508 e. The van der Waals surface area contributed by atoms with E-state index in [4.69, 9.17) is 14.7 Å². The normalized spacial score (nSPS) is 25.2. The van der Waals surface area contributed by atoms with E-state index in [1.165, 1.54) is 10.3 Å². The standard InChI is InChI=1S/C32H34FN7O3S/c1-44-26-5-2-4-18-8-22(41)10-25(27(18)26)40-30(42)29-24(15-36-40)28(23-9-21-14-34-12-19(23)13-35-21)37-31(38-29)43-17-32-6-3-7-39(32)16-20(33)11-32/h2,4-5,8,10,15,20-21,34-35,41H,3,6-7,9,11-14,16-17H2,1H3/t20-,21?,32+/m1/s1. The molecule has 0 spiro atoms. The van der Waals surface area contributed by atoms with E-state index in [1.54, 1.807) is 30.1 Å². The van der Waals surface area contributed by atoms with Gasteiger partial charge in [0.25, 0.3) is 5.56 Å². The third kappa shape index (κ3) is 4.58. The monoisotopic (exact) mass is 615 g/mol. The van der Waals surface area contributed by atoms with Crippen LogP contribution in [0, 0.1) is 0 Å². The molecule has 1 unspecified atom stereocenters. The number of nitrogens with zero attached hydrogens (tertiary/aromatic N) is 5. The quantitative estimate of drug-likeness (QED) is 0.279. The van der Waals surface area contributed by atoms with E-state index in [2.05, 4.69) is 20.6 Å². The van der Waals surface area contributed by atoms with Crippen molar-refractivity contribution in [2.24, 2.45) is 0 Å². The summed E-state index contributed by atoms with van der Waals surface area (Å²) in [6.07, 6.45) is 5.81. The number of benzene rings is 2. The Morgan fingerprint density at radius 1 is 1.25 bits per heavy atom. The van der Waals surface area contributed by atoms with Gasteiger partial charge in [0.2, 0.25) is 0 Å². The maximum atomic E-state index is 14.5. The molecule has 2 bridgehead atoms. The molecule has 0 saturated carbocycles. The molecular weight excluding hydrogens is 581 g/mol. The number of hydrogen-bond donors (Lipinski definition) is 3. The molecule has 5 aliphatic heterocycles. The number of thioether (sulfide) groups is 1. The number of hydrogen-bond acceptors (Lipinski definition) is 10. The first-order valence-electron chi connectivity index (χ1n) is 15.2. The van der Waals surface area contributed by atoms with Gasteiger partial charge in [-0.05, 0) is 60.7 Å². The third-order valence-corrected chi connectivity index (χ3v) is 10.5. The SMILES string of the molecule is CSc1cccc2cc(O)cc(-n3ncc4c(C5=C6CNCC(C5)NC6)nc(OC[C@@]56CCCN5C[C@H](F)C6)nc4c3=O)c12. The summed E-state index contributed by atoms with van der Waals surface area (Å²) < 4.78 is 22.1. The highest BCUT2D eigenvalue weighted by molar-refractivity contribution is 7.98. The zero-order valence-electron chi connectivity index (χ0n) is 24.5. The van der Waals surface area contributed by atoms with E-state index in [-0.39, 0.29) is 35.5 Å². The predicted octanol–water partition coefficient (Wildman–Crippen LogP) is 3.43. The summed E-state index contributed by atoms with van der Waals surface area (Å²) >= 11 is 1.56. The van der Waals surface area contributed by atoms with Crippen molar-refractivity contribution < 1.29 is 14.2 Å².